The van der Waals surface area contributed by atoms with E-state index in [2.05, 4.69) is 34.7 Å². The number of rotatable bonds is 5. The molecular weight excluding hydrogens is 368 g/mol. The van der Waals surface area contributed by atoms with Gasteiger partial charge in [-0.3, -0.25) is 0 Å². The monoisotopic (exact) mass is 394 g/mol. The fourth-order valence-corrected chi connectivity index (χ4v) is 4.13. The molecule has 0 spiro atoms. The Hall–Kier alpha value is -1.30. The number of hydrogen-bond donors (Lipinski definition) is 1. The van der Waals surface area contributed by atoms with Crippen LogP contribution in [-0.2, 0) is 11.0 Å². The Balaban J connectivity index is 2.05. The smallest absolute Gasteiger partial charge is 0.193 e. The molecule has 1 aliphatic rings. The molecule has 0 aliphatic carbocycles. The summed E-state index contributed by atoms with van der Waals surface area (Å²) in [6.07, 6.45) is 2.40. The van der Waals surface area contributed by atoms with Gasteiger partial charge in [0.15, 0.2) is 5.22 Å². The summed E-state index contributed by atoms with van der Waals surface area (Å²) in [5.74, 6) is 0.678. The van der Waals surface area contributed by atoms with Crippen molar-refractivity contribution in [3.8, 4) is 0 Å². The van der Waals surface area contributed by atoms with E-state index in [0.29, 0.717) is 11.0 Å². The first kappa shape index (κ1) is 19.5. The summed E-state index contributed by atoms with van der Waals surface area (Å²) in [6, 6.07) is 9.67. The average molecular weight is 395 g/mol. The Labute approximate surface area is 163 Å². The van der Waals surface area contributed by atoms with Crippen molar-refractivity contribution in [2.45, 2.75) is 51.3 Å². The van der Waals surface area contributed by atoms with Crippen LogP contribution >= 0.6 is 11.6 Å². The highest BCUT2D eigenvalue weighted by atomic mass is 35.5. The number of benzene rings is 1. The summed E-state index contributed by atoms with van der Waals surface area (Å²) in [4.78, 5) is 2.40. The molecule has 3 rings (SSSR count). The highest BCUT2D eigenvalue weighted by Crippen LogP contribution is 2.35. The van der Waals surface area contributed by atoms with Gasteiger partial charge in [0.2, 0.25) is 0 Å². The van der Waals surface area contributed by atoms with Gasteiger partial charge in [0.05, 0.1) is 15.7 Å². The third-order valence-electron chi connectivity index (χ3n) is 4.60. The van der Waals surface area contributed by atoms with Crippen LogP contribution in [0.4, 0.5) is 5.69 Å². The lowest BCUT2D eigenvalue weighted by Gasteiger charge is -2.28. The number of halogens is 1. The summed E-state index contributed by atoms with van der Waals surface area (Å²) in [7, 11) is -1.25. The van der Waals surface area contributed by atoms with E-state index in [9.17, 15) is 4.21 Å². The van der Waals surface area contributed by atoms with Crippen molar-refractivity contribution in [3.05, 3.63) is 52.4 Å². The van der Waals surface area contributed by atoms with Crippen molar-refractivity contribution in [2.24, 2.45) is 0 Å². The van der Waals surface area contributed by atoms with E-state index >= 15 is 0 Å². The molecule has 6 heteroatoms. The van der Waals surface area contributed by atoms with Crippen LogP contribution in [0.3, 0.4) is 0 Å². The maximum atomic E-state index is 12.8. The third-order valence-corrected chi connectivity index (χ3v) is 6.37. The fourth-order valence-electron chi connectivity index (χ4n) is 3.17. The zero-order chi connectivity index (χ0) is 18.9. The van der Waals surface area contributed by atoms with E-state index in [1.807, 2.05) is 26.8 Å². The van der Waals surface area contributed by atoms with Crippen LogP contribution in [0, 0.1) is 6.92 Å². The van der Waals surface area contributed by atoms with Crippen molar-refractivity contribution >= 4 is 28.3 Å². The Bertz CT molecular complexity index is 791. The van der Waals surface area contributed by atoms with Gasteiger partial charge in [-0.2, -0.15) is 0 Å². The standard InChI is InChI=1S/C20H27ClN2O2S/c1-14-7-8-15(16(13-14)23-11-5-6-12-23)19(17-9-10-18(21)25-17)22-26(24)20(2,3)4/h7-10,13,19,22H,5-6,11-12H2,1-4H3. The van der Waals surface area contributed by atoms with Crippen molar-refractivity contribution in [1.29, 1.82) is 0 Å². The number of hydrogen-bond acceptors (Lipinski definition) is 3. The Morgan fingerprint density at radius 2 is 1.88 bits per heavy atom. The average Bonchev–Trinajstić information content (AvgIpc) is 3.23. The maximum absolute atomic E-state index is 12.8. The fraction of sp³-hybridized carbons (Fsp3) is 0.500. The highest BCUT2D eigenvalue weighted by molar-refractivity contribution is 7.84. The van der Waals surface area contributed by atoms with E-state index in [1.165, 1.54) is 24.1 Å². The summed E-state index contributed by atoms with van der Waals surface area (Å²) in [5.41, 5.74) is 3.46. The van der Waals surface area contributed by atoms with Crippen molar-refractivity contribution in [3.63, 3.8) is 0 Å². The zero-order valence-corrected chi connectivity index (χ0v) is 17.4. The van der Waals surface area contributed by atoms with Gasteiger partial charge >= 0.3 is 0 Å². The van der Waals surface area contributed by atoms with Gasteiger partial charge in [-0.1, -0.05) is 12.1 Å². The number of aryl methyl sites for hydroxylation is 1. The lowest BCUT2D eigenvalue weighted by atomic mass is 10.0. The molecular formula is C20H27ClN2O2S. The zero-order valence-electron chi connectivity index (χ0n) is 15.8. The summed E-state index contributed by atoms with van der Waals surface area (Å²) >= 11 is 6.03. The Morgan fingerprint density at radius 3 is 2.46 bits per heavy atom. The quantitative estimate of drug-likeness (QED) is 0.777. The number of anilines is 1. The van der Waals surface area contributed by atoms with Gasteiger partial charge in [-0.15, -0.1) is 0 Å². The minimum atomic E-state index is -1.25. The second-order valence-electron chi connectivity index (χ2n) is 7.83. The third kappa shape index (κ3) is 4.33. The second-order valence-corrected chi connectivity index (χ2v) is 10.2. The van der Waals surface area contributed by atoms with Crippen molar-refractivity contribution in [2.75, 3.05) is 18.0 Å². The number of nitrogens with zero attached hydrogens (tertiary/aromatic N) is 1. The van der Waals surface area contributed by atoms with Crippen LogP contribution in [0.5, 0.6) is 0 Å². The molecule has 2 heterocycles. The summed E-state index contributed by atoms with van der Waals surface area (Å²) in [6.45, 7) is 10.1. The van der Waals surface area contributed by atoms with Gasteiger partial charge in [0.25, 0.3) is 0 Å². The lowest BCUT2D eigenvalue weighted by molar-refractivity contribution is 0.477. The molecule has 0 saturated carbocycles. The van der Waals surface area contributed by atoms with E-state index in [4.69, 9.17) is 16.0 Å². The lowest BCUT2D eigenvalue weighted by Crippen LogP contribution is -2.36. The molecule has 0 amide bonds. The van der Waals surface area contributed by atoms with E-state index in [1.54, 1.807) is 6.07 Å². The largest absolute Gasteiger partial charge is 0.448 e. The summed E-state index contributed by atoms with van der Waals surface area (Å²) in [5, 5.41) is 0.336. The molecule has 0 radical (unpaired) electrons. The second kappa shape index (κ2) is 7.75. The van der Waals surface area contributed by atoms with Crippen molar-refractivity contribution in [1.82, 2.24) is 4.72 Å². The van der Waals surface area contributed by atoms with Crippen LogP contribution < -0.4 is 9.62 Å². The minimum absolute atomic E-state index is 0.321. The van der Waals surface area contributed by atoms with E-state index in [-0.39, 0.29) is 10.8 Å². The normalized spacial score (nSPS) is 17.5. The van der Waals surface area contributed by atoms with Crippen molar-refractivity contribution < 1.29 is 8.63 Å². The predicted octanol–water partition coefficient (Wildman–Crippen LogP) is 4.98. The first-order valence-electron chi connectivity index (χ1n) is 9.04. The van der Waals surface area contributed by atoms with Gasteiger partial charge in [-0.05, 0) is 75.9 Å². The van der Waals surface area contributed by atoms with Crippen LogP contribution in [0.2, 0.25) is 5.22 Å². The molecule has 1 saturated heterocycles. The first-order chi connectivity index (χ1) is 12.3. The molecule has 4 nitrogen and oxygen atoms in total. The number of nitrogens with one attached hydrogen (secondary N) is 1. The minimum Gasteiger partial charge on any atom is -0.448 e. The first-order valence-corrected chi connectivity index (χ1v) is 10.6. The molecule has 1 aromatic heterocycles. The Morgan fingerprint density at radius 1 is 1.19 bits per heavy atom. The Kier molecular flexibility index (Phi) is 5.80. The molecule has 1 aliphatic heterocycles. The molecule has 1 N–H and O–H groups in total. The molecule has 26 heavy (non-hydrogen) atoms. The molecule has 2 atom stereocenters. The van der Waals surface area contributed by atoms with Crippen LogP contribution in [0.25, 0.3) is 0 Å². The highest BCUT2D eigenvalue weighted by Gasteiger charge is 2.29. The molecule has 2 aromatic rings. The molecule has 1 fully saturated rings. The van der Waals surface area contributed by atoms with Gasteiger partial charge in [0, 0.05) is 24.3 Å². The molecule has 2 unspecified atom stereocenters. The van der Waals surface area contributed by atoms with Crippen LogP contribution in [-0.4, -0.2) is 22.0 Å². The van der Waals surface area contributed by atoms with Gasteiger partial charge in [0.1, 0.15) is 11.8 Å². The SMILES string of the molecule is Cc1ccc(C(NS(=O)C(C)(C)C)c2ccc(Cl)o2)c(N2CCCC2)c1. The molecule has 1 aromatic carbocycles. The van der Waals surface area contributed by atoms with E-state index in [0.717, 1.165) is 18.7 Å². The predicted molar refractivity (Wildman–Crippen MR) is 109 cm³/mol. The molecule has 0 bridgehead atoms. The summed E-state index contributed by atoms with van der Waals surface area (Å²) < 4.78 is 21.4. The van der Waals surface area contributed by atoms with Gasteiger partial charge < -0.3 is 9.32 Å². The topological polar surface area (TPSA) is 45.5 Å². The molecule has 142 valence electrons. The van der Waals surface area contributed by atoms with E-state index < -0.39 is 11.0 Å². The number of furan rings is 1. The maximum Gasteiger partial charge on any atom is 0.193 e. The van der Waals surface area contributed by atoms with Gasteiger partial charge in [-0.25, -0.2) is 8.93 Å². The van der Waals surface area contributed by atoms with Crippen LogP contribution in [0.15, 0.2) is 34.7 Å². The van der Waals surface area contributed by atoms with Crippen LogP contribution in [0.1, 0.15) is 56.5 Å².